The maximum Gasteiger partial charge on any atom is 0.114 e. The Bertz CT molecular complexity index is 149. The Balaban J connectivity index is 2.55. The van der Waals surface area contributed by atoms with Gasteiger partial charge in [0.15, 0.2) is 0 Å². The minimum atomic E-state index is -0.701. The van der Waals surface area contributed by atoms with E-state index in [0.29, 0.717) is 6.61 Å². The van der Waals surface area contributed by atoms with E-state index in [4.69, 9.17) is 4.74 Å². The fourth-order valence-corrected chi connectivity index (χ4v) is 1.18. The van der Waals surface area contributed by atoms with Gasteiger partial charge in [-0.1, -0.05) is 0 Å². The van der Waals surface area contributed by atoms with E-state index in [0.717, 1.165) is 0 Å². The third-order valence-electron chi connectivity index (χ3n) is 1.99. The third-order valence-corrected chi connectivity index (χ3v) is 1.99. The summed E-state index contributed by atoms with van der Waals surface area (Å²) in [6, 6.07) is 0.0394. The summed E-state index contributed by atoms with van der Waals surface area (Å²) < 4.78 is 5.41. The lowest BCUT2D eigenvalue weighted by atomic mass is 10.0. The first-order chi connectivity index (χ1) is 4.81. The quantitative estimate of drug-likeness (QED) is 0.585. The number of hydrogen-bond donors (Lipinski definition) is 2. The average molecular weight is 159 g/mol. The molecule has 3 heteroatoms. The molecule has 2 N–H and O–H groups in total. The van der Waals surface area contributed by atoms with Crippen molar-refractivity contribution >= 4 is 0 Å². The molecule has 1 aliphatic heterocycles. The molecule has 0 bridgehead atoms. The number of rotatable bonds is 1. The number of ether oxygens (including phenoxy) is 1. The molecule has 3 nitrogen and oxygen atoms in total. The molecule has 1 unspecified atom stereocenters. The standard InChI is InChI=1S/C8H17NO2/c1-7(2,10)6-5-11-8(3,4)9-6/h6,9-10H,5H2,1-4H3. The van der Waals surface area contributed by atoms with Crippen LogP contribution in [-0.2, 0) is 4.74 Å². The maximum atomic E-state index is 9.61. The van der Waals surface area contributed by atoms with Gasteiger partial charge >= 0.3 is 0 Å². The molecule has 0 aromatic rings. The summed E-state index contributed by atoms with van der Waals surface area (Å²) in [7, 11) is 0. The monoisotopic (exact) mass is 159 g/mol. The van der Waals surface area contributed by atoms with E-state index in [1.807, 2.05) is 13.8 Å². The Morgan fingerprint density at radius 2 is 2.09 bits per heavy atom. The molecular formula is C8H17NO2. The molecule has 11 heavy (non-hydrogen) atoms. The van der Waals surface area contributed by atoms with Crippen LogP contribution in [0.2, 0.25) is 0 Å². The van der Waals surface area contributed by atoms with Crippen LogP contribution in [0.3, 0.4) is 0 Å². The van der Waals surface area contributed by atoms with Gasteiger partial charge in [-0.3, -0.25) is 5.32 Å². The molecule has 66 valence electrons. The highest BCUT2D eigenvalue weighted by Gasteiger charge is 2.38. The maximum absolute atomic E-state index is 9.61. The molecule has 0 saturated carbocycles. The van der Waals surface area contributed by atoms with Gasteiger partial charge in [-0.15, -0.1) is 0 Å². The van der Waals surface area contributed by atoms with Crippen LogP contribution in [0.1, 0.15) is 27.7 Å². The number of nitrogens with one attached hydrogen (secondary N) is 1. The first-order valence-electron chi connectivity index (χ1n) is 3.95. The minimum Gasteiger partial charge on any atom is -0.389 e. The lowest BCUT2D eigenvalue weighted by Gasteiger charge is -2.26. The molecule has 0 spiro atoms. The fraction of sp³-hybridized carbons (Fsp3) is 1.00. The van der Waals surface area contributed by atoms with Crippen molar-refractivity contribution in [3.8, 4) is 0 Å². The zero-order chi connectivity index (χ0) is 8.70. The molecule has 0 aliphatic carbocycles. The summed E-state index contributed by atoms with van der Waals surface area (Å²) in [5.41, 5.74) is -0.988. The average Bonchev–Trinajstić information content (AvgIpc) is 2.07. The first kappa shape index (κ1) is 8.97. The third kappa shape index (κ3) is 2.15. The Morgan fingerprint density at radius 1 is 1.55 bits per heavy atom. The van der Waals surface area contributed by atoms with E-state index < -0.39 is 5.60 Å². The van der Waals surface area contributed by atoms with Crippen molar-refractivity contribution in [1.29, 1.82) is 0 Å². The van der Waals surface area contributed by atoms with Gasteiger partial charge in [0.2, 0.25) is 0 Å². The van der Waals surface area contributed by atoms with E-state index in [2.05, 4.69) is 5.32 Å². The van der Waals surface area contributed by atoms with Crippen LogP contribution in [0.15, 0.2) is 0 Å². The highest BCUT2D eigenvalue weighted by molar-refractivity contribution is 4.91. The molecule has 0 radical (unpaired) electrons. The second kappa shape index (κ2) is 2.44. The molecule has 1 heterocycles. The van der Waals surface area contributed by atoms with Crippen molar-refractivity contribution in [2.75, 3.05) is 6.61 Å². The lowest BCUT2D eigenvalue weighted by molar-refractivity contribution is 0.0197. The number of hydrogen-bond acceptors (Lipinski definition) is 3. The molecule has 0 amide bonds. The van der Waals surface area contributed by atoms with Crippen LogP contribution in [-0.4, -0.2) is 29.1 Å². The Hall–Kier alpha value is -0.120. The van der Waals surface area contributed by atoms with E-state index in [9.17, 15) is 5.11 Å². The molecule has 1 saturated heterocycles. The zero-order valence-corrected chi connectivity index (χ0v) is 7.64. The van der Waals surface area contributed by atoms with Crippen molar-refractivity contribution in [2.45, 2.75) is 45.1 Å². The Morgan fingerprint density at radius 3 is 2.27 bits per heavy atom. The van der Waals surface area contributed by atoms with Gasteiger partial charge in [-0.05, 0) is 27.7 Å². The van der Waals surface area contributed by atoms with Crippen molar-refractivity contribution in [2.24, 2.45) is 0 Å². The van der Waals surface area contributed by atoms with Gasteiger partial charge in [-0.25, -0.2) is 0 Å². The second-order valence-electron chi connectivity index (χ2n) is 4.17. The molecule has 1 rings (SSSR count). The van der Waals surface area contributed by atoms with Crippen LogP contribution in [0.5, 0.6) is 0 Å². The highest BCUT2D eigenvalue weighted by Crippen LogP contribution is 2.21. The summed E-state index contributed by atoms with van der Waals surface area (Å²) in [6.45, 7) is 8.07. The smallest absolute Gasteiger partial charge is 0.114 e. The van der Waals surface area contributed by atoms with Gasteiger partial charge in [0.05, 0.1) is 18.2 Å². The molecule has 1 atom stereocenters. The van der Waals surface area contributed by atoms with E-state index in [1.54, 1.807) is 13.8 Å². The summed E-state index contributed by atoms with van der Waals surface area (Å²) in [4.78, 5) is 0. The molecule has 1 aliphatic rings. The number of aliphatic hydroxyl groups is 1. The Labute approximate surface area is 67.7 Å². The SMILES string of the molecule is CC1(C)NC(C(C)(C)O)CO1. The lowest BCUT2D eigenvalue weighted by Crippen LogP contribution is -2.49. The summed E-state index contributed by atoms with van der Waals surface area (Å²) >= 11 is 0. The first-order valence-corrected chi connectivity index (χ1v) is 3.95. The van der Waals surface area contributed by atoms with Gasteiger partial charge in [0.25, 0.3) is 0 Å². The molecule has 1 fully saturated rings. The van der Waals surface area contributed by atoms with E-state index in [1.165, 1.54) is 0 Å². The van der Waals surface area contributed by atoms with Crippen molar-refractivity contribution in [3.63, 3.8) is 0 Å². The van der Waals surface area contributed by atoms with Crippen LogP contribution in [0.25, 0.3) is 0 Å². The predicted octanol–water partition coefficient (Wildman–Crippen LogP) is 0.482. The topological polar surface area (TPSA) is 41.5 Å². The van der Waals surface area contributed by atoms with Gasteiger partial charge < -0.3 is 9.84 Å². The van der Waals surface area contributed by atoms with E-state index >= 15 is 0 Å². The van der Waals surface area contributed by atoms with Crippen LogP contribution in [0, 0.1) is 0 Å². The van der Waals surface area contributed by atoms with Crippen molar-refractivity contribution < 1.29 is 9.84 Å². The zero-order valence-electron chi connectivity index (χ0n) is 7.64. The normalized spacial score (nSPS) is 30.8. The molecule has 0 aromatic carbocycles. The second-order valence-corrected chi connectivity index (χ2v) is 4.17. The molecule has 0 aromatic heterocycles. The fourth-order valence-electron chi connectivity index (χ4n) is 1.18. The van der Waals surface area contributed by atoms with Gasteiger partial charge in [0.1, 0.15) is 5.72 Å². The summed E-state index contributed by atoms with van der Waals surface area (Å²) in [5.74, 6) is 0. The minimum absolute atomic E-state index is 0.0394. The summed E-state index contributed by atoms with van der Waals surface area (Å²) in [5, 5.41) is 12.8. The van der Waals surface area contributed by atoms with Crippen molar-refractivity contribution in [1.82, 2.24) is 5.32 Å². The van der Waals surface area contributed by atoms with E-state index in [-0.39, 0.29) is 11.8 Å². The van der Waals surface area contributed by atoms with Crippen molar-refractivity contribution in [3.05, 3.63) is 0 Å². The van der Waals surface area contributed by atoms with Gasteiger partial charge in [0, 0.05) is 0 Å². The van der Waals surface area contributed by atoms with Crippen LogP contribution >= 0.6 is 0 Å². The Kier molecular flexibility index (Phi) is 1.99. The van der Waals surface area contributed by atoms with Crippen LogP contribution < -0.4 is 5.32 Å². The largest absolute Gasteiger partial charge is 0.389 e. The van der Waals surface area contributed by atoms with Crippen LogP contribution in [0.4, 0.5) is 0 Å². The highest BCUT2D eigenvalue weighted by atomic mass is 16.5. The van der Waals surface area contributed by atoms with Gasteiger partial charge in [-0.2, -0.15) is 0 Å². The summed E-state index contributed by atoms with van der Waals surface area (Å²) in [6.07, 6.45) is 0. The molecular weight excluding hydrogens is 142 g/mol. The predicted molar refractivity (Wildman–Crippen MR) is 43.3 cm³/mol.